The van der Waals surface area contributed by atoms with Gasteiger partial charge in [0.1, 0.15) is 0 Å². The molecule has 184 valence electrons. The van der Waals surface area contributed by atoms with Gasteiger partial charge >= 0.3 is 6.18 Å². The minimum atomic E-state index is -4.87. The quantitative estimate of drug-likeness (QED) is 0.354. The predicted octanol–water partition coefficient (Wildman–Crippen LogP) is 1.49. The lowest BCUT2D eigenvalue weighted by molar-refractivity contribution is -0.137. The second kappa shape index (κ2) is 9.34. The van der Waals surface area contributed by atoms with Crippen molar-refractivity contribution in [2.24, 2.45) is 5.73 Å². The van der Waals surface area contributed by atoms with Gasteiger partial charge in [-0.2, -0.15) is 21.6 Å². The number of rotatable bonds is 5. The molecule has 0 spiro atoms. The van der Waals surface area contributed by atoms with E-state index in [4.69, 9.17) is 15.6 Å². The molecule has 0 saturated carbocycles. The third-order valence-corrected chi connectivity index (χ3v) is 5.22. The van der Waals surface area contributed by atoms with Gasteiger partial charge in [0.25, 0.3) is 21.9 Å². The molecule has 1 aromatic heterocycles. The van der Waals surface area contributed by atoms with Gasteiger partial charge in [-0.1, -0.05) is 0 Å². The van der Waals surface area contributed by atoms with Crippen molar-refractivity contribution >= 4 is 33.6 Å². The first-order chi connectivity index (χ1) is 15.8. The number of anilines is 1. The van der Waals surface area contributed by atoms with Crippen LogP contribution >= 0.6 is 0 Å². The van der Waals surface area contributed by atoms with Gasteiger partial charge in [0.2, 0.25) is 5.96 Å². The highest BCUT2D eigenvalue weighted by atomic mass is 32.2. The summed E-state index contributed by atoms with van der Waals surface area (Å²) in [5, 5.41) is 7.20. The molecule has 0 atom stereocenters. The lowest BCUT2D eigenvalue weighted by atomic mass is 10.1. The van der Waals surface area contributed by atoms with E-state index in [1.807, 2.05) is 0 Å². The number of halogens is 3. The van der Waals surface area contributed by atoms with Gasteiger partial charge in [-0.25, -0.2) is 0 Å². The number of nitrogens with two attached hydrogens (primary N) is 1. The summed E-state index contributed by atoms with van der Waals surface area (Å²) >= 11 is 0. The maximum absolute atomic E-state index is 13.8. The summed E-state index contributed by atoms with van der Waals surface area (Å²) in [4.78, 5) is 27.8. The Bertz CT molecular complexity index is 1190. The number of nitrogens with zero attached hydrogens (tertiary/aromatic N) is 3. The number of hydrogen-bond acceptors (Lipinski definition) is 8. The largest absolute Gasteiger partial charge is 0.459 e. The summed E-state index contributed by atoms with van der Waals surface area (Å²) in [5.74, 6) is -2.76. The second-order valence-corrected chi connectivity index (χ2v) is 8.81. The minimum Gasteiger partial charge on any atom is -0.459 e. The van der Waals surface area contributed by atoms with Crippen LogP contribution in [0.3, 0.4) is 0 Å². The standard InChI is InChI=1S/C19H20F3N5O6S/c1-34(30,31)33-27(18(23)24)16(28)12-4-5-14(13(11-12)19(20,21)22)25-6-8-26(9-7-25)17(29)15-3-2-10-32-15/h2-5,10-11H,6-9H2,1H3,(H3,23,24). The molecule has 15 heteroatoms. The number of alkyl halides is 3. The van der Waals surface area contributed by atoms with Crippen molar-refractivity contribution in [1.82, 2.24) is 9.96 Å². The fourth-order valence-corrected chi connectivity index (χ4v) is 3.73. The van der Waals surface area contributed by atoms with Gasteiger partial charge in [0.15, 0.2) is 5.76 Å². The van der Waals surface area contributed by atoms with E-state index < -0.39 is 39.3 Å². The number of guanidine groups is 1. The molecule has 0 bridgehead atoms. The van der Waals surface area contributed by atoms with E-state index in [9.17, 15) is 31.2 Å². The first-order valence-electron chi connectivity index (χ1n) is 9.65. The predicted molar refractivity (Wildman–Crippen MR) is 112 cm³/mol. The Kier molecular flexibility index (Phi) is 6.88. The Hall–Kier alpha value is -3.59. The summed E-state index contributed by atoms with van der Waals surface area (Å²) in [6.07, 6.45) is -2.95. The maximum atomic E-state index is 13.8. The maximum Gasteiger partial charge on any atom is 0.418 e. The van der Waals surface area contributed by atoms with Crippen LogP contribution in [0.4, 0.5) is 18.9 Å². The highest BCUT2D eigenvalue weighted by Crippen LogP contribution is 2.38. The van der Waals surface area contributed by atoms with Crippen LogP contribution in [0.2, 0.25) is 0 Å². The van der Waals surface area contributed by atoms with Crippen LogP contribution in [0.15, 0.2) is 41.0 Å². The SMILES string of the molecule is CS(=O)(=O)ON(C(=N)N)C(=O)c1ccc(N2CCN(C(=O)c3ccco3)CC2)c(C(F)(F)F)c1. The monoisotopic (exact) mass is 503 g/mol. The van der Waals surface area contributed by atoms with Crippen LogP contribution in [0.5, 0.6) is 0 Å². The number of amides is 2. The number of hydroxylamine groups is 2. The van der Waals surface area contributed by atoms with E-state index >= 15 is 0 Å². The average Bonchev–Trinajstić information content (AvgIpc) is 3.30. The Morgan fingerprint density at radius 2 is 1.82 bits per heavy atom. The van der Waals surface area contributed by atoms with Crippen LogP contribution in [0.25, 0.3) is 0 Å². The molecule has 3 rings (SSSR count). The molecule has 2 aromatic rings. The highest BCUT2D eigenvalue weighted by Gasteiger charge is 2.37. The molecule has 0 unspecified atom stereocenters. The van der Waals surface area contributed by atoms with Gasteiger partial charge in [-0.05, 0) is 30.3 Å². The van der Waals surface area contributed by atoms with Crippen molar-refractivity contribution in [3.63, 3.8) is 0 Å². The topological polar surface area (TPSA) is 150 Å². The van der Waals surface area contributed by atoms with E-state index in [0.29, 0.717) is 12.3 Å². The van der Waals surface area contributed by atoms with E-state index in [1.54, 1.807) is 6.07 Å². The zero-order valence-electron chi connectivity index (χ0n) is 17.7. The third kappa shape index (κ3) is 5.66. The summed E-state index contributed by atoms with van der Waals surface area (Å²) in [6.45, 7) is 0.439. The number of benzene rings is 1. The lowest BCUT2D eigenvalue weighted by Gasteiger charge is -2.37. The van der Waals surface area contributed by atoms with Crippen LogP contribution in [-0.2, 0) is 20.6 Å². The fraction of sp³-hybridized carbons (Fsp3) is 0.316. The minimum absolute atomic E-state index is 0.0829. The third-order valence-electron chi connectivity index (χ3n) is 4.80. The second-order valence-electron chi connectivity index (χ2n) is 7.25. The zero-order chi connectivity index (χ0) is 25.3. The number of carbonyl (C=O) groups excluding carboxylic acids is 2. The van der Waals surface area contributed by atoms with Crippen LogP contribution < -0.4 is 10.6 Å². The van der Waals surface area contributed by atoms with Crippen molar-refractivity contribution in [2.45, 2.75) is 6.18 Å². The Labute approximate surface area is 192 Å². The number of hydrogen-bond donors (Lipinski definition) is 2. The van der Waals surface area contributed by atoms with Gasteiger partial charge in [-0.3, -0.25) is 15.0 Å². The molecule has 1 aliphatic rings. The van der Waals surface area contributed by atoms with Crippen molar-refractivity contribution in [3.05, 3.63) is 53.5 Å². The Morgan fingerprint density at radius 1 is 1.18 bits per heavy atom. The molecule has 3 N–H and O–H groups in total. The van der Waals surface area contributed by atoms with E-state index in [1.165, 1.54) is 22.1 Å². The summed E-state index contributed by atoms with van der Waals surface area (Å²) in [7, 11) is -4.30. The molecule has 0 aliphatic carbocycles. The van der Waals surface area contributed by atoms with Crippen molar-refractivity contribution in [3.8, 4) is 0 Å². The first kappa shape index (κ1) is 25.0. The van der Waals surface area contributed by atoms with Gasteiger partial charge in [0.05, 0.1) is 18.1 Å². The molecular weight excluding hydrogens is 483 g/mol. The molecule has 0 radical (unpaired) electrons. The fourth-order valence-electron chi connectivity index (χ4n) is 3.31. The molecule has 1 aromatic carbocycles. The number of piperazine rings is 1. The number of carbonyl (C=O) groups is 2. The molecule has 2 heterocycles. The molecule has 1 saturated heterocycles. The summed E-state index contributed by atoms with van der Waals surface area (Å²) < 4.78 is 73.6. The molecule has 34 heavy (non-hydrogen) atoms. The lowest BCUT2D eigenvalue weighted by Crippen LogP contribution is -2.49. The smallest absolute Gasteiger partial charge is 0.418 e. The summed E-state index contributed by atoms with van der Waals surface area (Å²) in [6, 6.07) is 5.66. The van der Waals surface area contributed by atoms with E-state index in [2.05, 4.69) is 4.28 Å². The van der Waals surface area contributed by atoms with Gasteiger partial charge in [-0.15, -0.1) is 9.35 Å². The normalized spacial score (nSPS) is 14.7. The van der Waals surface area contributed by atoms with Crippen LogP contribution in [0.1, 0.15) is 26.5 Å². The van der Waals surface area contributed by atoms with E-state index in [0.717, 1.165) is 12.1 Å². The zero-order valence-corrected chi connectivity index (χ0v) is 18.5. The Morgan fingerprint density at radius 3 is 2.32 bits per heavy atom. The van der Waals surface area contributed by atoms with Crippen molar-refractivity contribution < 1.29 is 39.9 Å². The van der Waals surface area contributed by atoms with Crippen molar-refractivity contribution in [1.29, 1.82) is 5.41 Å². The average molecular weight is 503 g/mol. The molecular formula is C19H20F3N5O6S. The number of furan rings is 1. The Balaban J connectivity index is 1.85. The first-order valence-corrected chi connectivity index (χ1v) is 11.5. The van der Waals surface area contributed by atoms with Gasteiger partial charge in [0, 0.05) is 37.4 Å². The molecule has 11 nitrogen and oxygen atoms in total. The van der Waals surface area contributed by atoms with Crippen LogP contribution in [0, 0.1) is 5.41 Å². The molecule has 2 amide bonds. The molecule has 1 aliphatic heterocycles. The molecule has 1 fully saturated rings. The van der Waals surface area contributed by atoms with E-state index in [-0.39, 0.29) is 48.6 Å². The highest BCUT2D eigenvalue weighted by molar-refractivity contribution is 7.85. The van der Waals surface area contributed by atoms with Crippen molar-refractivity contribution in [2.75, 3.05) is 37.3 Å². The van der Waals surface area contributed by atoms with Crippen LogP contribution in [-0.4, -0.2) is 68.6 Å². The summed E-state index contributed by atoms with van der Waals surface area (Å²) in [5.41, 5.74) is 3.17. The number of nitrogens with one attached hydrogen (secondary N) is 1. The van der Waals surface area contributed by atoms with Gasteiger partial charge < -0.3 is 20.0 Å².